The van der Waals surface area contributed by atoms with E-state index < -0.39 is 0 Å². The van der Waals surface area contributed by atoms with Crippen molar-refractivity contribution >= 4 is 11.6 Å². The first-order chi connectivity index (χ1) is 9.09. The van der Waals surface area contributed by atoms with Crippen molar-refractivity contribution in [3.8, 4) is 5.75 Å². The van der Waals surface area contributed by atoms with Crippen LogP contribution in [-0.2, 0) is 6.42 Å². The van der Waals surface area contributed by atoms with Crippen LogP contribution < -0.4 is 4.74 Å². The minimum Gasteiger partial charge on any atom is -0.486 e. The topological polar surface area (TPSA) is 12.5 Å². The maximum Gasteiger partial charge on any atom is 0.125 e. The number of benzene rings is 1. The summed E-state index contributed by atoms with van der Waals surface area (Å²) in [6, 6.07) is 6.09. The number of fused-ring (bicyclic) bond motifs is 1. The van der Waals surface area contributed by atoms with Gasteiger partial charge >= 0.3 is 0 Å². The molecule has 0 aromatic heterocycles. The Balaban J connectivity index is 1.87. The Morgan fingerprint density at radius 3 is 3.00 bits per heavy atom. The third-order valence-corrected chi connectivity index (χ3v) is 4.80. The van der Waals surface area contributed by atoms with Gasteiger partial charge in [-0.3, -0.25) is 0 Å². The molecule has 1 aliphatic heterocycles. The zero-order valence-corrected chi connectivity index (χ0v) is 12.5. The predicted molar refractivity (Wildman–Crippen MR) is 79.0 cm³/mol. The average Bonchev–Trinajstić information content (AvgIpc) is 2.70. The number of hydrogen-bond donors (Lipinski definition) is 0. The number of nitrogens with zero attached hydrogens (tertiary/aromatic N) is 1. The molecule has 3 heteroatoms. The van der Waals surface area contributed by atoms with Crippen molar-refractivity contribution < 1.29 is 4.74 Å². The van der Waals surface area contributed by atoms with Crippen LogP contribution in [0, 0.1) is 5.92 Å². The molecule has 1 saturated carbocycles. The molecule has 19 heavy (non-hydrogen) atoms. The summed E-state index contributed by atoms with van der Waals surface area (Å²) in [4.78, 5) is 2.29. The van der Waals surface area contributed by atoms with Gasteiger partial charge in [0.05, 0.1) is 0 Å². The largest absolute Gasteiger partial charge is 0.486 e. The van der Waals surface area contributed by atoms with Gasteiger partial charge in [0.25, 0.3) is 0 Å². The van der Waals surface area contributed by atoms with Crippen LogP contribution in [0.2, 0.25) is 5.02 Å². The SMILES string of the molecule is CN(C)C[C@H]1CCCC[C@]12Cc1ccc(Cl)cc1O2. The van der Waals surface area contributed by atoms with Crippen LogP contribution in [0.5, 0.6) is 5.75 Å². The van der Waals surface area contributed by atoms with Gasteiger partial charge in [-0.05, 0) is 51.1 Å². The molecule has 1 aromatic rings. The van der Waals surface area contributed by atoms with Crippen molar-refractivity contribution in [2.75, 3.05) is 20.6 Å². The Hall–Kier alpha value is -0.730. The summed E-state index contributed by atoms with van der Waals surface area (Å²) in [6.45, 7) is 1.11. The summed E-state index contributed by atoms with van der Waals surface area (Å²) < 4.78 is 6.42. The van der Waals surface area contributed by atoms with Crippen LogP contribution in [0.1, 0.15) is 31.2 Å². The Labute approximate surface area is 120 Å². The first kappa shape index (κ1) is 13.3. The number of hydrogen-bond acceptors (Lipinski definition) is 2. The van der Waals surface area contributed by atoms with Gasteiger partial charge < -0.3 is 9.64 Å². The van der Waals surface area contributed by atoms with Crippen LogP contribution in [0.15, 0.2) is 18.2 Å². The first-order valence-electron chi connectivity index (χ1n) is 7.21. The average molecular weight is 280 g/mol. The highest BCUT2D eigenvalue weighted by atomic mass is 35.5. The van der Waals surface area contributed by atoms with Crippen molar-refractivity contribution in [2.24, 2.45) is 5.92 Å². The van der Waals surface area contributed by atoms with Gasteiger partial charge in [0.15, 0.2) is 0 Å². The van der Waals surface area contributed by atoms with Crippen LogP contribution in [0.3, 0.4) is 0 Å². The lowest BCUT2D eigenvalue weighted by molar-refractivity contribution is -0.0149. The van der Waals surface area contributed by atoms with E-state index in [4.69, 9.17) is 16.3 Å². The fourth-order valence-electron chi connectivity index (χ4n) is 3.69. The maximum atomic E-state index is 6.42. The smallest absolute Gasteiger partial charge is 0.125 e. The highest BCUT2D eigenvalue weighted by Gasteiger charge is 2.47. The second-order valence-corrected chi connectivity index (χ2v) is 6.74. The summed E-state index contributed by atoms with van der Waals surface area (Å²) in [5.74, 6) is 1.64. The van der Waals surface area contributed by atoms with E-state index in [-0.39, 0.29) is 5.60 Å². The van der Waals surface area contributed by atoms with Crippen molar-refractivity contribution in [1.29, 1.82) is 0 Å². The van der Waals surface area contributed by atoms with E-state index in [0.29, 0.717) is 5.92 Å². The molecule has 0 N–H and O–H groups in total. The van der Waals surface area contributed by atoms with Gasteiger partial charge in [-0.1, -0.05) is 24.1 Å². The maximum absolute atomic E-state index is 6.42. The molecular weight excluding hydrogens is 258 g/mol. The Morgan fingerprint density at radius 1 is 1.37 bits per heavy atom. The fourth-order valence-corrected chi connectivity index (χ4v) is 3.86. The van der Waals surface area contributed by atoms with E-state index in [9.17, 15) is 0 Å². The van der Waals surface area contributed by atoms with Crippen LogP contribution in [-0.4, -0.2) is 31.1 Å². The van der Waals surface area contributed by atoms with Crippen LogP contribution in [0.4, 0.5) is 0 Å². The van der Waals surface area contributed by atoms with Gasteiger partial charge in [0.2, 0.25) is 0 Å². The number of rotatable bonds is 2. The van der Waals surface area contributed by atoms with E-state index in [0.717, 1.165) is 23.7 Å². The highest BCUT2D eigenvalue weighted by molar-refractivity contribution is 6.30. The molecular formula is C16H22ClNO. The van der Waals surface area contributed by atoms with Crippen molar-refractivity contribution in [3.63, 3.8) is 0 Å². The monoisotopic (exact) mass is 279 g/mol. The van der Waals surface area contributed by atoms with E-state index in [1.807, 2.05) is 12.1 Å². The van der Waals surface area contributed by atoms with Crippen molar-refractivity contribution in [1.82, 2.24) is 4.90 Å². The molecule has 104 valence electrons. The Bertz CT molecular complexity index is 474. The number of ether oxygens (including phenoxy) is 1. The van der Waals surface area contributed by atoms with Crippen LogP contribution in [0.25, 0.3) is 0 Å². The van der Waals surface area contributed by atoms with E-state index >= 15 is 0 Å². The summed E-state index contributed by atoms with van der Waals surface area (Å²) in [5, 5.41) is 0.774. The van der Waals surface area contributed by atoms with Gasteiger partial charge in [-0.15, -0.1) is 0 Å². The molecule has 2 aliphatic rings. The predicted octanol–water partition coefficient (Wildman–Crippen LogP) is 3.77. The molecule has 0 unspecified atom stereocenters. The first-order valence-corrected chi connectivity index (χ1v) is 7.59. The van der Waals surface area contributed by atoms with Crippen molar-refractivity contribution in [2.45, 2.75) is 37.7 Å². The van der Waals surface area contributed by atoms with E-state index in [1.54, 1.807) is 0 Å². The third-order valence-electron chi connectivity index (χ3n) is 4.56. The normalized spacial score (nSPS) is 29.6. The highest BCUT2D eigenvalue weighted by Crippen LogP contribution is 2.47. The molecule has 0 amide bonds. The van der Waals surface area contributed by atoms with Gasteiger partial charge in [-0.2, -0.15) is 0 Å². The molecule has 2 nitrogen and oxygen atoms in total. The van der Waals surface area contributed by atoms with E-state index in [2.05, 4.69) is 25.1 Å². The lowest BCUT2D eigenvalue weighted by atomic mass is 9.73. The quantitative estimate of drug-likeness (QED) is 0.817. The summed E-state index contributed by atoms with van der Waals surface area (Å²) >= 11 is 6.08. The fraction of sp³-hybridized carbons (Fsp3) is 0.625. The van der Waals surface area contributed by atoms with Gasteiger partial charge in [0.1, 0.15) is 11.4 Å². The van der Waals surface area contributed by atoms with Crippen LogP contribution >= 0.6 is 11.6 Å². The molecule has 0 saturated heterocycles. The summed E-state index contributed by atoms with van der Waals surface area (Å²) in [6.07, 6.45) is 6.13. The molecule has 1 aromatic carbocycles. The Kier molecular flexibility index (Phi) is 3.48. The molecule has 3 rings (SSSR count). The number of halogens is 1. The lowest BCUT2D eigenvalue weighted by Gasteiger charge is -2.41. The third kappa shape index (κ3) is 2.48. The molecule has 0 radical (unpaired) electrons. The zero-order valence-electron chi connectivity index (χ0n) is 11.8. The molecule has 1 fully saturated rings. The minimum absolute atomic E-state index is 0.0233. The Morgan fingerprint density at radius 2 is 2.21 bits per heavy atom. The summed E-state index contributed by atoms with van der Waals surface area (Å²) in [5.41, 5.74) is 1.35. The van der Waals surface area contributed by atoms with Gasteiger partial charge in [-0.25, -0.2) is 0 Å². The molecule has 1 aliphatic carbocycles. The molecule has 0 bridgehead atoms. The lowest BCUT2D eigenvalue weighted by Crippen LogP contribution is -2.48. The molecule has 2 atom stereocenters. The minimum atomic E-state index is 0.0233. The van der Waals surface area contributed by atoms with Crippen molar-refractivity contribution in [3.05, 3.63) is 28.8 Å². The zero-order chi connectivity index (χ0) is 13.5. The molecule has 1 spiro atoms. The second kappa shape index (κ2) is 4.99. The second-order valence-electron chi connectivity index (χ2n) is 6.30. The van der Waals surface area contributed by atoms with Gasteiger partial charge in [0, 0.05) is 23.9 Å². The van der Waals surface area contributed by atoms with E-state index in [1.165, 1.54) is 31.2 Å². The molecule has 1 heterocycles. The standard InChI is InChI=1S/C16H22ClNO/c1-18(2)11-13-5-3-4-8-16(13)10-12-6-7-14(17)9-15(12)19-16/h6-7,9,13H,3-5,8,10-11H2,1-2H3/t13-,16+/m1/s1. The summed E-state index contributed by atoms with van der Waals surface area (Å²) in [7, 11) is 4.31.